The van der Waals surface area contributed by atoms with Crippen LogP contribution in [0.4, 0.5) is 10.1 Å². The molecule has 2 aliphatic rings. The van der Waals surface area contributed by atoms with E-state index in [1.807, 2.05) is 18.7 Å². The van der Waals surface area contributed by atoms with Crippen LogP contribution in [-0.4, -0.2) is 61.0 Å². The molecule has 8 heteroatoms. The summed E-state index contributed by atoms with van der Waals surface area (Å²) in [5.74, 6) is -0.177. The molecule has 0 spiro atoms. The number of halogens is 1. The standard InChI is InChI=1S/C18H26FN3O3S/c1-14(23)20-7-9-21(10-8-20)17-5-4-15(12-16(17)19)13-22-18(2,3)6-11-26(22,24)25/h4-5,12H,6-11,13H2,1-3H3. The average Bonchev–Trinajstić information content (AvgIpc) is 2.78. The van der Waals surface area contributed by atoms with Gasteiger partial charge in [0.1, 0.15) is 5.82 Å². The Morgan fingerprint density at radius 3 is 2.35 bits per heavy atom. The van der Waals surface area contributed by atoms with Crippen molar-refractivity contribution in [1.82, 2.24) is 9.21 Å². The van der Waals surface area contributed by atoms with Crippen LogP contribution in [0.2, 0.25) is 0 Å². The van der Waals surface area contributed by atoms with Crippen molar-refractivity contribution in [2.75, 3.05) is 36.8 Å². The number of amides is 1. The van der Waals surface area contributed by atoms with Crippen molar-refractivity contribution in [3.63, 3.8) is 0 Å². The van der Waals surface area contributed by atoms with E-state index in [0.717, 1.165) is 0 Å². The number of rotatable bonds is 3. The van der Waals surface area contributed by atoms with Crippen molar-refractivity contribution in [3.05, 3.63) is 29.6 Å². The summed E-state index contributed by atoms with van der Waals surface area (Å²) in [5, 5.41) is 0. The van der Waals surface area contributed by atoms with Gasteiger partial charge in [-0.05, 0) is 38.0 Å². The molecule has 0 saturated carbocycles. The van der Waals surface area contributed by atoms with Crippen molar-refractivity contribution >= 4 is 21.6 Å². The predicted molar refractivity (Wildman–Crippen MR) is 98.9 cm³/mol. The number of sulfonamides is 1. The van der Waals surface area contributed by atoms with Gasteiger partial charge >= 0.3 is 0 Å². The molecule has 6 nitrogen and oxygen atoms in total. The Labute approximate surface area is 154 Å². The van der Waals surface area contributed by atoms with Crippen LogP contribution in [0, 0.1) is 5.82 Å². The van der Waals surface area contributed by atoms with E-state index in [1.54, 1.807) is 24.0 Å². The maximum absolute atomic E-state index is 14.7. The van der Waals surface area contributed by atoms with E-state index in [-0.39, 0.29) is 24.0 Å². The zero-order valence-corrected chi connectivity index (χ0v) is 16.4. The summed E-state index contributed by atoms with van der Waals surface area (Å²) in [6, 6.07) is 4.93. The SMILES string of the molecule is CC(=O)N1CCN(c2ccc(CN3C(C)(C)CCS3(=O)=O)cc2F)CC1. The van der Waals surface area contributed by atoms with E-state index >= 15 is 0 Å². The number of piperazine rings is 1. The molecule has 26 heavy (non-hydrogen) atoms. The quantitative estimate of drug-likeness (QED) is 0.799. The molecule has 1 amide bonds. The highest BCUT2D eigenvalue weighted by Gasteiger charge is 2.43. The molecule has 144 valence electrons. The number of carbonyl (C=O) groups is 1. The Bertz CT molecular complexity index is 802. The third-order valence-electron chi connectivity index (χ3n) is 5.39. The molecule has 1 aromatic carbocycles. The lowest BCUT2D eigenvalue weighted by molar-refractivity contribution is -0.129. The highest BCUT2D eigenvalue weighted by molar-refractivity contribution is 7.89. The first kappa shape index (κ1) is 19.1. The van der Waals surface area contributed by atoms with Gasteiger partial charge < -0.3 is 9.80 Å². The fraction of sp³-hybridized carbons (Fsp3) is 0.611. The summed E-state index contributed by atoms with van der Waals surface area (Å²) in [5.41, 5.74) is 0.699. The summed E-state index contributed by atoms with van der Waals surface area (Å²) < 4.78 is 40.6. The van der Waals surface area contributed by atoms with Gasteiger partial charge in [-0.1, -0.05) is 6.07 Å². The predicted octanol–water partition coefficient (Wildman–Crippen LogP) is 1.81. The summed E-state index contributed by atoms with van der Waals surface area (Å²) >= 11 is 0. The average molecular weight is 383 g/mol. The summed E-state index contributed by atoms with van der Waals surface area (Å²) in [4.78, 5) is 15.1. The van der Waals surface area contributed by atoms with Crippen molar-refractivity contribution in [2.45, 2.75) is 39.3 Å². The Morgan fingerprint density at radius 2 is 1.85 bits per heavy atom. The van der Waals surface area contributed by atoms with Crippen molar-refractivity contribution in [3.8, 4) is 0 Å². The van der Waals surface area contributed by atoms with Gasteiger partial charge in [0.2, 0.25) is 15.9 Å². The van der Waals surface area contributed by atoms with Gasteiger partial charge in [-0.2, -0.15) is 4.31 Å². The molecule has 3 rings (SSSR count). The fourth-order valence-electron chi connectivity index (χ4n) is 3.64. The number of hydrogen-bond acceptors (Lipinski definition) is 4. The minimum Gasteiger partial charge on any atom is -0.366 e. The van der Waals surface area contributed by atoms with Crippen molar-refractivity contribution < 1.29 is 17.6 Å². The highest BCUT2D eigenvalue weighted by Crippen LogP contribution is 2.33. The largest absolute Gasteiger partial charge is 0.366 e. The normalized spacial score (nSPS) is 22.6. The number of carbonyl (C=O) groups excluding carboxylic acids is 1. The smallest absolute Gasteiger partial charge is 0.219 e. The monoisotopic (exact) mass is 383 g/mol. The van der Waals surface area contributed by atoms with E-state index in [2.05, 4.69) is 0 Å². The molecule has 0 bridgehead atoms. The van der Waals surface area contributed by atoms with E-state index in [1.165, 1.54) is 10.4 Å². The molecule has 2 saturated heterocycles. The van der Waals surface area contributed by atoms with Crippen LogP contribution in [0.5, 0.6) is 0 Å². The first-order valence-electron chi connectivity index (χ1n) is 8.89. The minimum absolute atomic E-state index is 0.0370. The highest BCUT2D eigenvalue weighted by atomic mass is 32.2. The molecular formula is C18H26FN3O3S. The lowest BCUT2D eigenvalue weighted by Gasteiger charge is -2.36. The van der Waals surface area contributed by atoms with Crippen LogP contribution in [0.15, 0.2) is 18.2 Å². The molecule has 1 aromatic rings. The molecule has 0 aromatic heterocycles. The number of nitrogens with zero attached hydrogens (tertiary/aromatic N) is 3. The summed E-state index contributed by atoms with van der Waals surface area (Å²) in [6.45, 7) is 7.86. The van der Waals surface area contributed by atoms with Crippen molar-refractivity contribution in [2.24, 2.45) is 0 Å². The fourth-order valence-corrected chi connectivity index (χ4v) is 5.80. The topological polar surface area (TPSA) is 60.9 Å². The van der Waals surface area contributed by atoms with Gasteiger partial charge in [0, 0.05) is 45.2 Å². The van der Waals surface area contributed by atoms with Crippen molar-refractivity contribution in [1.29, 1.82) is 0 Å². The van der Waals surface area contributed by atoms with Crippen LogP contribution in [0.3, 0.4) is 0 Å². The minimum atomic E-state index is -3.29. The molecule has 0 aliphatic carbocycles. The molecular weight excluding hydrogens is 357 g/mol. The van der Waals surface area contributed by atoms with Gasteiger partial charge in [-0.3, -0.25) is 4.79 Å². The van der Waals surface area contributed by atoms with Crippen LogP contribution in [0.1, 0.15) is 32.8 Å². The van der Waals surface area contributed by atoms with Crippen LogP contribution >= 0.6 is 0 Å². The van der Waals surface area contributed by atoms with E-state index < -0.39 is 15.6 Å². The Hall–Kier alpha value is -1.67. The third-order valence-corrected chi connectivity index (χ3v) is 7.40. The summed E-state index contributed by atoms with van der Waals surface area (Å²) in [6.07, 6.45) is 0.580. The lowest BCUT2D eigenvalue weighted by atomic mass is 10.0. The van der Waals surface area contributed by atoms with E-state index in [0.29, 0.717) is 43.9 Å². The van der Waals surface area contributed by atoms with Gasteiger partial charge in [0.05, 0.1) is 11.4 Å². The Balaban J connectivity index is 1.73. The lowest BCUT2D eigenvalue weighted by Crippen LogP contribution is -2.48. The molecule has 0 radical (unpaired) electrons. The van der Waals surface area contributed by atoms with Crippen LogP contribution in [-0.2, 0) is 21.4 Å². The molecule has 0 atom stereocenters. The van der Waals surface area contributed by atoms with E-state index in [4.69, 9.17) is 0 Å². The van der Waals surface area contributed by atoms with Crippen LogP contribution in [0.25, 0.3) is 0 Å². The second-order valence-corrected chi connectivity index (χ2v) is 9.68. The van der Waals surface area contributed by atoms with Gasteiger partial charge in [-0.25, -0.2) is 12.8 Å². The Morgan fingerprint density at radius 1 is 1.19 bits per heavy atom. The van der Waals surface area contributed by atoms with E-state index in [9.17, 15) is 17.6 Å². The Kier molecular flexibility index (Phi) is 5.00. The zero-order valence-electron chi connectivity index (χ0n) is 15.5. The summed E-state index contributed by atoms with van der Waals surface area (Å²) in [7, 11) is -3.29. The first-order chi connectivity index (χ1) is 12.1. The number of hydrogen-bond donors (Lipinski definition) is 0. The maximum Gasteiger partial charge on any atom is 0.219 e. The zero-order chi connectivity index (χ0) is 19.1. The molecule has 2 fully saturated rings. The molecule has 0 unspecified atom stereocenters. The van der Waals surface area contributed by atoms with Crippen LogP contribution < -0.4 is 4.90 Å². The first-order valence-corrected chi connectivity index (χ1v) is 10.5. The second kappa shape index (κ2) is 6.81. The molecule has 0 N–H and O–H groups in total. The molecule has 2 aliphatic heterocycles. The van der Waals surface area contributed by atoms with Gasteiger partial charge in [0.15, 0.2) is 0 Å². The van der Waals surface area contributed by atoms with Gasteiger partial charge in [-0.15, -0.1) is 0 Å². The number of anilines is 1. The maximum atomic E-state index is 14.7. The second-order valence-electron chi connectivity index (χ2n) is 7.66. The molecule has 2 heterocycles. The third kappa shape index (κ3) is 3.71. The number of benzene rings is 1. The van der Waals surface area contributed by atoms with Gasteiger partial charge in [0.25, 0.3) is 0 Å².